The molecule has 0 saturated heterocycles. The van der Waals surface area contributed by atoms with Crippen LogP contribution in [0.25, 0.3) is 0 Å². The third kappa shape index (κ3) is 7.80. The van der Waals surface area contributed by atoms with Crippen molar-refractivity contribution >= 4 is 62.4 Å². The van der Waals surface area contributed by atoms with E-state index < -0.39 is 23.4 Å². The number of carbonyl (C=O) groups is 3. The molecule has 158 valence electrons. The van der Waals surface area contributed by atoms with Gasteiger partial charge in [0.1, 0.15) is 0 Å². The number of benzene rings is 2. The van der Waals surface area contributed by atoms with E-state index in [0.717, 1.165) is 0 Å². The van der Waals surface area contributed by atoms with E-state index in [9.17, 15) is 24.5 Å². The molecule has 0 saturated carbocycles. The highest BCUT2D eigenvalue weighted by Gasteiger charge is 2.11. The van der Waals surface area contributed by atoms with Crippen LogP contribution in [0.2, 0.25) is 5.02 Å². The quantitative estimate of drug-likeness (QED) is 0.301. The van der Waals surface area contributed by atoms with Gasteiger partial charge in [0.15, 0.2) is 6.61 Å². The Kier molecular flexibility index (Phi) is 8.75. The number of hydrogen-bond donors (Lipinski definition) is 2. The maximum atomic E-state index is 11.9. The summed E-state index contributed by atoms with van der Waals surface area (Å²) >= 11 is 9.17. The summed E-state index contributed by atoms with van der Waals surface area (Å²) in [6.45, 7) is -0.457. The molecule has 0 aromatic heterocycles. The zero-order valence-corrected chi connectivity index (χ0v) is 17.9. The first-order valence-electron chi connectivity index (χ1n) is 8.69. The number of ether oxygens (including phenoxy) is 1. The summed E-state index contributed by atoms with van der Waals surface area (Å²) in [7, 11) is 0. The second-order valence-corrected chi connectivity index (χ2v) is 7.30. The van der Waals surface area contributed by atoms with E-state index in [-0.39, 0.29) is 30.9 Å². The van der Waals surface area contributed by atoms with Crippen LogP contribution in [0.3, 0.4) is 0 Å². The predicted octanol–water partition coefficient (Wildman–Crippen LogP) is 4.30. The molecule has 2 aromatic carbocycles. The van der Waals surface area contributed by atoms with Gasteiger partial charge in [-0.25, -0.2) is 0 Å². The fourth-order valence-electron chi connectivity index (χ4n) is 2.27. The average molecular weight is 499 g/mol. The van der Waals surface area contributed by atoms with Gasteiger partial charge in [-0.3, -0.25) is 24.5 Å². The largest absolute Gasteiger partial charge is 0.456 e. The monoisotopic (exact) mass is 497 g/mol. The second kappa shape index (κ2) is 11.3. The highest BCUT2D eigenvalue weighted by atomic mass is 79.9. The lowest BCUT2D eigenvalue weighted by atomic mass is 10.2. The fourth-order valence-corrected chi connectivity index (χ4v) is 2.70. The number of esters is 1. The lowest BCUT2D eigenvalue weighted by Gasteiger charge is -2.08. The van der Waals surface area contributed by atoms with Gasteiger partial charge in [-0.2, -0.15) is 0 Å². The number of halogens is 2. The molecule has 0 fully saturated rings. The van der Waals surface area contributed by atoms with Crippen molar-refractivity contribution < 1.29 is 24.0 Å². The van der Waals surface area contributed by atoms with E-state index in [1.807, 2.05) is 0 Å². The summed E-state index contributed by atoms with van der Waals surface area (Å²) in [5.41, 5.74) is 0.799. The summed E-state index contributed by atoms with van der Waals surface area (Å²) < 4.78 is 5.56. The van der Waals surface area contributed by atoms with Gasteiger partial charge in [-0.15, -0.1) is 0 Å². The molecule has 0 aliphatic heterocycles. The lowest BCUT2D eigenvalue weighted by Crippen LogP contribution is -2.21. The summed E-state index contributed by atoms with van der Waals surface area (Å²) in [4.78, 5) is 45.4. The molecule has 2 amide bonds. The van der Waals surface area contributed by atoms with Crippen LogP contribution in [0.5, 0.6) is 0 Å². The molecule has 2 aromatic rings. The SMILES string of the molecule is O=C(CCCC(=O)OCC(=O)Nc1ccc(Br)c(Cl)c1)Nc1ccc([N+](=O)[O-])cc1. The first kappa shape index (κ1) is 23.3. The van der Waals surface area contributed by atoms with E-state index in [4.69, 9.17) is 16.3 Å². The fraction of sp³-hybridized carbons (Fsp3) is 0.211. The maximum absolute atomic E-state index is 11.9. The molecular formula is C19H17BrClN3O6. The average Bonchev–Trinajstić information content (AvgIpc) is 2.69. The van der Waals surface area contributed by atoms with E-state index in [1.54, 1.807) is 18.2 Å². The number of hydrogen-bond acceptors (Lipinski definition) is 6. The van der Waals surface area contributed by atoms with Gasteiger partial charge in [-0.05, 0) is 52.7 Å². The third-order valence-corrected chi connectivity index (χ3v) is 4.95. The van der Waals surface area contributed by atoms with Crippen LogP contribution in [-0.2, 0) is 19.1 Å². The lowest BCUT2D eigenvalue weighted by molar-refractivity contribution is -0.384. The van der Waals surface area contributed by atoms with Crippen LogP contribution in [0.4, 0.5) is 17.1 Å². The van der Waals surface area contributed by atoms with Crippen LogP contribution in [0, 0.1) is 10.1 Å². The van der Waals surface area contributed by atoms with Gasteiger partial charge in [0, 0.05) is 40.8 Å². The first-order chi connectivity index (χ1) is 14.2. The molecule has 0 unspecified atom stereocenters. The molecule has 0 bridgehead atoms. The minimum absolute atomic E-state index is 0.0366. The molecule has 11 heteroatoms. The summed E-state index contributed by atoms with van der Waals surface area (Å²) in [6, 6.07) is 10.3. The Morgan fingerprint density at radius 2 is 1.63 bits per heavy atom. The summed E-state index contributed by atoms with van der Waals surface area (Å²) in [5.74, 6) is -1.47. The number of nitro benzene ring substituents is 1. The molecule has 0 spiro atoms. The Morgan fingerprint density at radius 1 is 1.00 bits per heavy atom. The van der Waals surface area contributed by atoms with Crippen LogP contribution < -0.4 is 10.6 Å². The van der Waals surface area contributed by atoms with Gasteiger partial charge in [0.2, 0.25) is 5.91 Å². The highest BCUT2D eigenvalue weighted by molar-refractivity contribution is 9.10. The normalized spacial score (nSPS) is 10.2. The molecule has 9 nitrogen and oxygen atoms in total. The van der Waals surface area contributed by atoms with Crippen molar-refractivity contribution in [2.24, 2.45) is 0 Å². The summed E-state index contributed by atoms with van der Waals surface area (Å²) in [5, 5.41) is 16.1. The molecule has 0 radical (unpaired) electrons. The van der Waals surface area contributed by atoms with Gasteiger partial charge in [0.25, 0.3) is 11.6 Å². The Bertz CT molecular complexity index is 952. The standard InChI is InChI=1S/C19H17BrClN3O6/c20-15-9-6-13(10-16(15)21)23-18(26)11-30-19(27)3-1-2-17(25)22-12-4-7-14(8-5-12)24(28)29/h4-10H,1-3,11H2,(H,22,25)(H,23,26). The van der Waals surface area contributed by atoms with Gasteiger partial charge >= 0.3 is 5.97 Å². The smallest absolute Gasteiger partial charge is 0.306 e. The van der Waals surface area contributed by atoms with Crippen LogP contribution in [0.15, 0.2) is 46.9 Å². The molecule has 2 N–H and O–H groups in total. The molecule has 0 atom stereocenters. The molecule has 0 heterocycles. The minimum atomic E-state index is -0.609. The van der Waals surface area contributed by atoms with Crippen molar-refractivity contribution in [2.75, 3.05) is 17.2 Å². The van der Waals surface area contributed by atoms with Crippen molar-refractivity contribution in [2.45, 2.75) is 19.3 Å². The number of nitrogens with one attached hydrogen (secondary N) is 2. The Hall–Kier alpha value is -2.98. The number of amides is 2. The topological polar surface area (TPSA) is 128 Å². The number of anilines is 2. The minimum Gasteiger partial charge on any atom is -0.456 e. The number of nitrogens with zero attached hydrogens (tertiary/aromatic N) is 1. The Balaban J connectivity index is 1.65. The van der Waals surface area contributed by atoms with Gasteiger partial charge in [0.05, 0.1) is 9.95 Å². The van der Waals surface area contributed by atoms with Crippen molar-refractivity contribution in [1.29, 1.82) is 0 Å². The molecule has 30 heavy (non-hydrogen) atoms. The van der Waals surface area contributed by atoms with E-state index in [0.29, 0.717) is 20.9 Å². The molecule has 2 rings (SSSR count). The maximum Gasteiger partial charge on any atom is 0.306 e. The number of rotatable bonds is 9. The zero-order valence-electron chi connectivity index (χ0n) is 15.5. The zero-order chi connectivity index (χ0) is 22.1. The predicted molar refractivity (Wildman–Crippen MR) is 114 cm³/mol. The first-order valence-corrected chi connectivity index (χ1v) is 9.86. The molecular weight excluding hydrogens is 482 g/mol. The van der Waals surface area contributed by atoms with Crippen molar-refractivity contribution in [3.8, 4) is 0 Å². The van der Waals surface area contributed by atoms with E-state index in [1.165, 1.54) is 24.3 Å². The molecule has 0 aliphatic carbocycles. The van der Waals surface area contributed by atoms with Gasteiger partial charge in [-0.1, -0.05) is 11.6 Å². The second-order valence-electron chi connectivity index (χ2n) is 6.04. The van der Waals surface area contributed by atoms with Crippen molar-refractivity contribution in [3.05, 3.63) is 62.1 Å². The summed E-state index contributed by atoms with van der Waals surface area (Å²) in [6.07, 6.45) is 0.238. The van der Waals surface area contributed by atoms with Crippen molar-refractivity contribution in [1.82, 2.24) is 0 Å². The Labute approximate surface area is 185 Å². The number of non-ortho nitro benzene ring substituents is 1. The third-order valence-electron chi connectivity index (χ3n) is 3.71. The van der Waals surface area contributed by atoms with E-state index in [2.05, 4.69) is 26.6 Å². The molecule has 0 aliphatic rings. The Morgan fingerprint density at radius 3 is 2.27 bits per heavy atom. The van der Waals surface area contributed by atoms with Crippen LogP contribution >= 0.6 is 27.5 Å². The van der Waals surface area contributed by atoms with Crippen molar-refractivity contribution in [3.63, 3.8) is 0 Å². The number of nitro groups is 1. The van der Waals surface area contributed by atoms with E-state index >= 15 is 0 Å². The van der Waals surface area contributed by atoms with Gasteiger partial charge < -0.3 is 15.4 Å². The number of carbonyl (C=O) groups excluding carboxylic acids is 3. The highest BCUT2D eigenvalue weighted by Crippen LogP contribution is 2.25. The van der Waals surface area contributed by atoms with Crippen LogP contribution in [-0.4, -0.2) is 29.3 Å². The van der Waals surface area contributed by atoms with Crippen LogP contribution in [0.1, 0.15) is 19.3 Å².